The van der Waals surface area contributed by atoms with Crippen molar-refractivity contribution in [3.63, 3.8) is 0 Å². The summed E-state index contributed by atoms with van der Waals surface area (Å²) < 4.78 is 0. The molecule has 0 saturated carbocycles. The minimum atomic E-state index is -0.666. The number of nitrogens with zero attached hydrogens (tertiary/aromatic N) is 1. The predicted octanol–water partition coefficient (Wildman–Crippen LogP) is 2.40. The lowest BCUT2D eigenvalue weighted by atomic mass is 9.74. The lowest BCUT2D eigenvalue weighted by Crippen LogP contribution is -2.58. The van der Waals surface area contributed by atoms with E-state index < -0.39 is 5.60 Å². The van der Waals surface area contributed by atoms with Crippen LogP contribution in [0.5, 0.6) is 0 Å². The summed E-state index contributed by atoms with van der Waals surface area (Å²) in [6.07, 6.45) is 5.15. The summed E-state index contributed by atoms with van der Waals surface area (Å²) in [5.74, 6) is 0.653. The molecule has 0 aromatic carbocycles. The number of nitrogens with one attached hydrogen (secondary N) is 1. The van der Waals surface area contributed by atoms with E-state index in [-0.39, 0.29) is 23.5 Å². The highest BCUT2D eigenvalue weighted by molar-refractivity contribution is 5.76. The maximum atomic E-state index is 12.7. The van der Waals surface area contributed by atoms with E-state index in [1.54, 1.807) is 0 Å². The van der Waals surface area contributed by atoms with Gasteiger partial charge in [-0.1, -0.05) is 6.92 Å². The number of carbonyl (C=O) groups excluding carboxylic acids is 1. The Morgan fingerprint density at radius 1 is 1.24 bits per heavy atom. The largest absolute Gasteiger partial charge is 0.483 e. The lowest BCUT2D eigenvalue weighted by Gasteiger charge is -2.47. The first kappa shape index (κ1) is 21.9. The van der Waals surface area contributed by atoms with Crippen molar-refractivity contribution in [2.45, 2.75) is 89.8 Å². The van der Waals surface area contributed by atoms with Gasteiger partial charge in [0.2, 0.25) is 5.91 Å². The van der Waals surface area contributed by atoms with Crippen molar-refractivity contribution < 1.29 is 19.8 Å². The average molecular weight is 357 g/mol. The van der Waals surface area contributed by atoms with Gasteiger partial charge in [0, 0.05) is 30.6 Å². The second-order valence-electron chi connectivity index (χ2n) is 8.97. The summed E-state index contributed by atoms with van der Waals surface area (Å²) in [5.41, 5.74) is -0.502. The van der Waals surface area contributed by atoms with Crippen LogP contribution in [0.4, 0.5) is 0 Å². The monoisotopic (exact) mass is 356 g/mol. The Morgan fingerprint density at radius 3 is 2.24 bits per heavy atom. The molecule has 0 aromatic heterocycles. The molecule has 25 heavy (non-hydrogen) atoms. The van der Waals surface area contributed by atoms with E-state index in [9.17, 15) is 9.90 Å². The van der Waals surface area contributed by atoms with E-state index in [2.05, 4.69) is 33.0 Å². The molecule has 0 bridgehead atoms. The molecule has 2 aliphatic heterocycles. The number of carbonyl (C=O) groups is 2. The normalized spacial score (nSPS) is 28.6. The summed E-state index contributed by atoms with van der Waals surface area (Å²) in [7, 11) is 0. The Hall–Kier alpha value is -1.14. The molecule has 1 atom stereocenters. The zero-order valence-corrected chi connectivity index (χ0v) is 16.5. The van der Waals surface area contributed by atoms with Crippen LogP contribution in [0, 0.1) is 5.92 Å². The molecule has 0 spiro atoms. The third-order valence-corrected chi connectivity index (χ3v) is 5.30. The van der Waals surface area contributed by atoms with Crippen LogP contribution >= 0.6 is 0 Å². The Labute approximate surface area is 152 Å². The number of hydrogen-bond acceptors (Lipinski definition) is 4. The number of rotatable bonds is 3. The molecule has 0 radical (unpaired) electrons. The number of β-amino-alcohol motifs (C(OH)–C–C–N with tert-alkyl or cyclic N) is 1. The van der Waals surface area contributed by atoms with Gasteiger partial charge in [-0.15, -0.1) is 0 Å². The van der Waals surface area contributed by atoms with Gasteiger partial charge in [-0.05, 0) is 65.7 Å². The van der Waals surface area contributed by atoms with Crippen LogP contribution in [0.25, 0.3) is 0 Å². The lowest BCUT2D eigenvalue weighted by molar-refractivity contribution is -0.140. The van der Waals surface area contributed by atoms with Gasteiger partial charge in [0.15, 0.2) is 0 Å². The Kier molecular flexibility index (Phi) is 7.44. The van der Waals surface area contributed by atoms with Crippen molar-refractivity contribution in [3.8, 4) is 0 Å². The molecule has 3 N–H and O–H groups in total. The van der Waals surface area contributed by atoms with Crippen molar-refractivity contribution in [2.24, 2.45) is 5.92 Å². The summed E-state index contributed by atoms with van der Waals surface area (Å²) in [5, 5.41) is 21.0. The molecule has 2 heterocycles. The second-order valence-corrected chi connectivity index (χ2v) is 8.97. The predicted molar refractivity (Wildman–Crippen MR) is 98.4 cm³/mol. The summed E-state index contributed by atoms with van der Waals surface area (Å²) in [6.45, 7) is 12.0. The highest BCUT2D eigenvalue weighted by atomic mass is 16.3. The summed E-state index contributed by atoms with van der Waals surface area (Å²) in [4.78, 5) is 22.9. The third-order valence-electron chi connectivity index (χ3n) is 5.30. The molecule has 1 amide bonds. The van der Waals surface area contributed by atoms with Gasteiger partial charge in [-0.25, -0.2) is 0 Å². The molecule has 0 aromatic rings. The first-order valence-electron chi connectivity index (χ1n) is 9.33. The third kappa shape index (κ3) is 6.94. The van der Waals surface area contributed by atoms with E-state index in [0.717, 1.165) is 38.6 Å². The fourth-order valence-electron chi connectivity index (χ4n) is 4.67. The minimum Gasteiger partial charge on any atom is -0.483 e. The van der Waals surface area contributed by atoms with Crippen molar-refractivity contribution in [2.75, 3.05) is 13.1 Å². The maximum Gasteiger partial charge on any atom is 0.290 e. The van der Waals surface area contributed by atoms with Gasteiger partial charge in [-0.3, -0.25) is 9.59 Å². The molecule has 146 valence electrons. The van der Waals surface area contributed by atoms with E-state index in [4.69, 9.17) is 9.90 Å². The van der Waals surface area contributed by atoms with Gasteiger partial charge in [0.05, 0.1) is 5.60 Å². The minimum absolute atomic E-state index is 0.0821. The van der Waals surface area contributed by atoms with Crippen LogP contribution in [0.1, 0.15) is 73.1 Å². The number of carboxylic acid groups (broad SMARTS) is 1. The summed E-state index contributed by atoms with van der Waals surface area (Å²) in [6, 6.07) is 0. The molecule has 0 aliphatic carbocycles. The summed E-state index contributed by atoms with van der Waals surface area (Å²) >= 11 is 0. The fraction of sp³-hybridized carbons (Fsp3) is 0.895. The van der Waals surface area contributed by atoms with E-state index in [0.29, 0.717) is 18.9 Å². The van der Waals surface area contributed by atoms with E-state index >= 15 is 0 Å². The average Bonchev–Trinajstić information content (AvgIpc) is 2.44. The number of amides is 1. The number of likely N-dealkylation sites (tertiary alicyclic amines) is 1. The van der Waals surface area contributed by atoms with Crippen LogP contribution < -0.4 is 5.32 Å². The van der Waals surface area contributed by atoms with E-state index in [1.807, 2.05) is 11.8 Å². The highest BCUT2D eigenvalue weighted by Gasteiger charge is 2.40. The zero-order valence-electron chi connectivity index (χ0n) is 16.5. The van der Waals surface area contributed by atoms with Crippen LogP contribution in [-0.4, -0.2) is 57.3 Å². The maximum absolute atomic E-state index is 12.7. The number of aliphatic hydroxyl groups is 1. The Morgan fingerprint density at radius 2 is 1.76 bits per heavy atom. The number of piperidine rings is 2. The van der Waals surface area contributed by atoms with Crippen molar-refractivity contribution in [1.82, 2.24) is 10.2 Å². The highest BCUT2D eigenvalue weighted by Crippen LogP contribution is 2.35. The Balaban J connectivity index is 0.000000970. The molecule has 6 nitrogen and oxygen atoms in total. The van der Waals surface area contributed by atoms with Crippen molar-refractivity contribution >= 4 is 12.4 Å². The molecular formula is C19H36N2O4. The zero-order chi connectivity index (χ0) is 19.3. The molecule has 2 rings (SSSR count). The van der Waals surface area contributed by atoms with E-state index in [1.165, 1.54) is 0 Å². The van der Waals surface area contributed by atoms with Crippen LogP contribution in [0.3, 0.4) is 0 Å². The van der Waals surface area contributed by atoms with Gasteiger partial charge in [0.1, 0.15) is 0 Å². The topological polar surface area (TPSA) is 89.9 Å². The fourth-order valence-corrected chi connectivity index (χ4v) is 4.67. The number of hydrogen-bond donors (Lipinski definition) is 3. The smallest absolute Gasteiger partial charge is 0.290 e. The molecule has 1 unspecified atom stereocenters. The van der Waals surface area contributed by atoms with Crippen LogP contribution in [0.2, 0.25) is 0 Å². The molecule has 2 saturated heterocycles. The molecule has 2 fully saturated rings. The SMILES string of the molecule is CCC1(O)CCCN(C(=O)CC2CC(C)(C)NC(C)(C)C2)C1.O=CO. The standard InChI is InChI=1S/C18H34N2O2.CH2O2/c1-6-18(22)8-7-9-20(13-18)15(21)10-14-11-16(2,3)19-17(4,5)12-14;2-1-3/h14,19,22H,6-13H2,1-5H3;1H,(H,2,3). The second kappa shape index (κ2) is 8.49. The van der Waals surface area contributed by atoms with Crippen molar-refractivity contribution in [3.05, 3.63) is 0 Å². The van der Waals surface area contributed by atoms with Gasteiger partial charge in [0.25, 0.3) is 6.47 Å². The quantitative estimate of drug-likeness (QED) is 0.676. The van der Waals surface area contributed by atoms with Gasteiger partial charge >= 0.3 is 0 Å². The van der Waals surface area contributed by atoms with Crippen LogP contribution in [0.15, 0.2) is 0 Å². The van der Waals surface area contributed by atoms with Crippen LogP contribution in [-0.2, 0) is 9.59 Å². The first-order chi connectivity index (χ1) is 11.5. The molecule has 6 heteroatoms. The Bertz CT molecular complexity index is 448. The molecular weight excluding hydrogens is 320 g/mol. The van der Waals surface area contributed by atoms with Gasteiger partial charge < -0.3 is 20.4 Å². The van der Waals surface area contributed by atoms with Crippen molar-refractivity contribution in [1.29, 1.82) is 0 Å². The van der Waals surface area contributed by atoms with Gasteiger partial charge in [-0.2, -0.15) is 0 Å². The first-order valence-corrected chi connectivity index (χ1v) is 9.33. The molecule has 2 aliphatic rings.